The fourth-order valence-corrected chi connectivity index (χ4v) is 14.8. The number of esters is 1. The first-order valence-electron chi connectivity index (χ1n) is 24.2. The number of hydrogen-bond donors (Lipinski definition) is 10. The number of aliphatic hydroxyl groups is 9. The van der Waals surface area contributed by atoms with E-state index in [1.165, 1.54) is 19.4 Å². The van der Waals surface area contributed by atoms with E-state index in [0.29, 0.717) is 44.9 Å². The standard InChI is InChI=1S/C48H76O18/c1-21-29(51)32(54)37(65-38-35(57)33(55)36(22(2)62-38)64-39-34(56)31(53)30(52)25(20-49)63-39)40(61-21)66-42(60)48-17-15-43(3,4)19-24(48)23-9-10-26-44(5)13-12-28(50)47(8,41(58)59)27(44)11-14-46(26,7)45(23,6)16-18-48/h9,21-22,24-40,49-57H,10-20H2,1-8H3,(H,58,59)/t21-,22+,24?,25-,26?,27?,28+,29+,30-,31+,32-,33+,34-,35+,36-,37-,38+,39?,40+,44-,45-,46-,47+,48+/m1/s1. The summed E-state index contributed by atoms with van der Waals surface area (Å²) >= 11 is 0. The van der Waals surface area contributed by atoms with E-state index in [4.69, 9.17) is 28.4 Å². The van der Waals surface area contributed by atoms with Gasteiger partial charge in [-0.3, -0.25) is 9.59 Å². The number of carbonyl (C=O) groups excluding carboxylic acids is 1. The van der Waals surface area contributed by atoms with Crippen LogP contribution in [0.3, 0.4) is 0 Å². The summed E-state index contributed by atoms with van der Waals surface area (Å²) < 4.78 is 35.7. The summed E-state index contributed by atoms with van der Waals surface area (Å²) in [4.78, 5) is 28.1. The number of fused-ring (bicyclic) bond motifs is 7. The van der Waals surface area contributed by atoms with Gasteiger partial charge < -0.3 is 79.5 Å². The molecule has 376 valence electrons. The van der Waals surface area contributed by atoms with Crippen molar-refractivity contribution in [3.63, 3.8) is 0 Å². The minimum atomic E-state index is -1.88. The molecule has 8 aliphatic rings. The Morgan fingerprint density at radius 1 is 0.667 bits per heavy atom. The van der Waals surface area contributed by atoms with Crippen LogP contribution in [-0.2, 0) is 38.0 Å². The Hall–Kier alpha value is -1.88. The van der Waals surface area contributed by atoms with Crippen LogP contribution in [0.25, 0.3) is 0 Å². The summed E-state index contributed by atoms with van der Waals surface area (Å²) in [5, 5.41) is 108. The Bertz CT molecular complexity index is 1860. The van der Waals surface area contributed by atoms with Crippen molar-refractivity contribution in [1.29, 1.82) is 0 Å². The van der Waals surface area contributed by atoms with Crippen LogP contribution in [0.15, 0.2) is 11.6 Å². The maximum atomic E-state index is 15.2. The SMILES string of the molecule is C[C@@H]1O[C@@H](O[C@H]2[C@H](OC(=O)[C@]34CCC(C)(C)CC3C3=CCC5[C@@]6(C)CC[C@H](O)[C@@](C)(C(=O)O)C6CC[C@@]5(C)[C@]3(C)CC4)O[C@H](C)[C@H](O)[C@H]2O)[C@@H](O)[C@H](O)[C@@H]1OC1O[C@H](CO)[C@@H](O)[C@H](O)[C@H]1O. The van der Waals surface area contributed by atoms with Crippen molar-refractivity contribution in [3.05, 3.63) is 11.6 Å². The van der Waals surface area contributed by atoms with Crippen LogP contribution < -0.4 is 0 Å². The summed E-state index contributed by atoms with van der Waals surface area (Å²) in [6, 6.07) is 0. The molecule has 3 aliphatic heterocycles. The monoisotopic (exact) mass is 941 g/mol. The number of aliphatic carboxylic acids is 1. The average Bonchev–Trinajstić information content (AvgIpc) is 3.25. The van der Waals surface area contributed by atoms with E-state index in [-0.39, 0.29) is 39.4 Å². The number of allylic oxidation sites excluding steroid dienone is 2. The zero-order valence-electron chi connectivity index (χ0n) is 39.6. The van der Waals surface area contributed by atoms with E-state index in [0.717, 1.165) is 19.3 Å². The number of hydrogen-bond acceptors (Lipinski definition) is 17. The van der Waals surface area contributed by atoms with Gasteiger partial charge in [-0.05, 0) is 124 Å². The highest BCUT2D eigenvalue weighted by molar-refractivity contribution is 5.79. The second-order valence-corrected chi connectivity index (χ2v) is 23.2. The van der Waals surface area contributed by atoms with Gasteiger partial charge in [0.1, 0.15) is 54.9 Å². The third-order valence-electron chi connectivity index (χ3n) is 19.4. The molecule has 0 bridgehead atoms. The highest BCUT2D eigenvalue weighted by Crippen LogP contribution is 2.76. The van der Waals surface area contributed by atoms with Crippen LogP contribution in [0.1, 0.15) is 120 Å². The smallest absolute Gasteiger partial charge is 0.315 e. The summed E-state index contributed by atoms with van der Waals surface area (Å²) in [5.41, 5.74) is -2.03. The first-order valence-corrected chi connectivity index (χ1v) is 24.2. The van der Waals surface area contributed by atoms with Crippen molar-refractivity contribution in [2.75, 3.05) is 6.61 Å². The normalized spacial score (nSPS) is 54.7. The molecule has 3 saturated heterocycles. The zero-order valence-corrected chi connectivity index (χ0v) is 39.6. The highest BCUT2D eigenvalue weighted by Gasteiger charge is 2.71. The number of carboxylic acids is 1. The number of rotatable bonds is 8. The van der Waals surface area contributed by atoms with Crippen molar-refractivity contribution >= 4 is 11.9 Å². The Morgan fingerprint density at radius 3 is 1.94 bits per heavy atom. The van der Waals surface area contributed by atoms with E-state index < -0.39 is 128 Å². The van der Waals surface area contributed by atoms with Crippen LogP contribution in [0.2, 0.25) is 0 Å². The first kappa shape index (κ1) is 50.5. The van der Waals surface area contributed by atoms with Gasteiger partial charge in [0.25, 0.3) is 0 Å². The van der Waals surface area contributed by atoms with Gasteiger partial charge in [0.2, 0.25) is 6.29 Å². The molecule has 7 fully saturated rings. The van der Waals surface area contributed by atoms with E-state index >= 15 is 4.79 Å². The van der Waals surface area contributed by atoms with Gasteiger partial charge in [0.05, 0.1) is 35.7 Å². The Labute approximate surface area is 386 Å². The molecular formula is C48H76O18. The maximum absolute atomic E-state index is 15.2. The highest BCUT2D eigenvalue weighted by atomic mass is 16.8. The van der Waals surface area contributed by atoms with Gasteiger partial charge in [0.15, 0.2) is 18.7 Å². The predicted octanol–water partition coefficient (Wildman–Crippen LogP) is 1.26. The lowest BCUT2D eigenvalue weighted by Gasteiger charge is -2.71. The summed E-state index contributed by atoms with van der Waals surface area (Å²) in [6.45, 7) is 15.4. The second kappa shape index (κ2) is 17.5. The lowest BCUT2D eigenvalue weighted by atomic mass is 9.33. The Morgan fingerprint density at radius 2 is 1.27 bits per heavy atom. The average molecular weight is 941 g/mol. The van der Waals surface area contributed by atoms with Crippen LogP contribution in [0.4, 0.5) is 0 Å². The number of ether oxygens (including phenoxy) is 6. The van der Waals surface area contributed by atoms with Crippen LogP contribution in [0.5, 0.6) is 0 Å². The lowest BCUT2D eigenvalue weighted by Crippen LogP contribution is -2.67. The molecule has 4 saturated carbocycles. The van der Waals surface area contributed by atoms with Gasteiger partial charge in [0, 0.05) is 0 Å². The minimum absolute atomic E-state index is 0.115. The molecular weight excluding hydrogens is 865 g/mol. The molecule has 0 aromatic carbocycles. The van der Waals surface area contributed by atoms with Crippen LogP contribution >= 0.6 is 0 Å². The number of aliphatic hydroxyl groups excluding tert-OH is 9. The quantitative estimate of drug-likeness (QED) is 0.121. The molecule has 0 amide bonds. The summed E-state index contributed by atoms with van der Waals surface area (Å²) in [7, 11) is 0. The van der Waals surface area contributed by atoms with E-state index in [1.54, 1.807) is 6.92 Å². The molecule has 5 aliphatic carbocycles. The van der Waals surface area contributed by atoms with Gasteiger partial charge >= 0.3 is 11.9 Å². The van der Waals surface area contributed by atoms with E-state index in [1.807, 2.05) is 0 Å². The first-order chi connectivity index (χ1) is 30.7. The van der Waals surface area contributed by atoms with Gasteiger partial charge in [-0.15, -0.1) is 0 Å². The fourth-order valence-electron chi connectivity index (χ4n) is 14.8. The topological polar surface area (TPSA) is 292 Å². The second-order valence-electron chi connectivity index (χ2n) is 23.2. The van der Waals surface area contributed by atoms with Gasteiger partial charge in [-0.2, -0.15) is 0 Å². The van der Waals surface area contributed by atoms with Crippen molar-refractivity contribution in [3.8, 4) is 0 Å². The third-order valence-corrected chi connectivity index (χ3v) is 19.4. The van der Waals surface area contributed by atoms with E-state index in [2.05, 4.69) is 40.7 Å². The predicted molar refractivity (Wildman–Crippen MR) is 229 cm³/mol. The van der Waals surface area contributed by atoms with Crippen LogP contribution in [-0.4, -0.2) is 168 Å². The number of carboxylic acid groups (broad SMARTS) is 1. The summed E-state index contributed by atoms with van der Waals surface area (Å²) in [6.07, 6.45) is -15.6. The number of carbonyl (C=O) groups is 2. The molecule has 8 rings (SSSR count). The zero-order chi connectivity index (χ0) is 48.4. The van der Waals surface area contributed by atoms with Crippen molar-refractivity contribution in [2.45, 2.75) is 218 Å². The van der Waals surface area contributed by atoms with E-state index in [9.17, 15) is 55.9 Å². The molecule has 3 heterocycles. The molecule has 24 atom stereocenters. The largest absolute Gasteiger partial charge is 0.481 e. The molecule has 0 spiro atoms. The Kier molecular flexibility index (Phi) is 13.4. The molecule has 18 nitrogen and oxygen atoms in total. The van der Waals surface area contributed by atoms with Crippen molar-refractivity contribution in [2.24, 2.45) is 50.2 Å². The summed E-state index contributed by atoms with van der Waals surface area (Å²) in [5.74, 6) is -1.76. The van der Waals surface area contributed by atoms with Crippen LogP contribution in [0, 0.1) is 50.2 Å². The van der Waals surface area contributed by atoms with Gasteiger partial charge in [-0.1, -0.05) is 46.3 Å². The minimum Gasteiger partial charge on any atom is -0.481 e. The molecule has 4 unspecified atom stereocenters. The third kappa shape index (κ3) is 7.57. The molecule has 66 heavy (non-hydrogen) atoms. The van der Waals surface area contributed by atoms with Crippen molar-refractivity contribution < 1.29 is 89.1 Å². The molecule has 10 N–H and O–H groups in total. The molecule has 0 aromatic heterocycles. The lowest BCUT2D eigenvalue weighted by molar-refractivity contribution is -0.377. The van der Waals surface area contributed by atoms with Gasteiger partial charge in [-0.25, -0.2) is 0 Å². The van der Waals surface area contributed by atoms with Crippen molar-refractivity contribution in [1.82, 2.24) is 0 Å². The molecule has 0 aromatic rings. The maximum Gasteiger partial charge on any atom is 0.315 e. The Balaban J connectivity index is 1.04. The molecule has 18 heteroatoms. The fraction of sp³-hybridized carbons (Fsp3) is 0.917. The molecule has 0 radical (unpaired) electrons.